The van der Waals surface area contributed by atoms with Crippen molar-refractivity contribution in [3.05, 3.63) is 16.6 Å². The van der Waals surface area contributed by atoms with Crippen LogP contribution in [0.25, 0.3) is 0 Å². The van der Waals surface area contributed by atoms with Gasteiger partial charge >= 0.3 is 12.1 Å². The number of ether oxygens (including phenoxy) is 1. The Morgan fingerprint density at radius 3 is 2.76 bits per heavy atom. The molecule has 1 atom stereocenters. The average molecular weight is 258 g/mol. The molecule has 0 fully saturated rings. The van der Waals surface area contributed by atoms with Gasteiger partial charge in [-0.1, -0.05) is 13.8 Å². The van der Waals surface area contributed by atoms with Crippen LogP contribution in [0, 0.1) is 5.92 Å². The molecule has 0 aliphatic carbocycles. The van der Waals surface area contributed by atoms with E-state index in [0.29, 0.717) is 5.01 Å². The van der Waals surface area contributed by atoms with E-state index < -0.39 is 18.1 Å². The summed E-state index contributed by atoms with van der Waals surface area (Å²) in [6, 6.07) is -0.946. The highest BCUT2D eigenvalue weighted by molar-refractivity contribution is 7.09. The maximum Gasteiger partial charge on any atom is 0.408 e. The summed E-state index contributed by atoms with van der Waals surface area (Å²) in [4.78, 5) is 26.1. The van der Waals surface area contributed by atoms with Crippen molar-refractivity contribution in [2.75, 3.05) is 0 Å². The van der Waals surface area contributed by atoms with Gasteiger partial charge in [-0.25, -0.2) is 14.6 Å². The molecule has 1 aromatic rings. The number of rotatable bonds is 5. The van der Waals surface area contributed by atoms with E-state index in [1.54, 1.807) is 25.4 Å². The molecule has 0 spiro atoms. The highest BCUT2D eigenvalue weighted by atomic mass is 32.1. The first kappa shape index (κ1) is 13.4. The number of hydrogen-bond acceptors (Lipinski definition) is 5. The van der Waals surface area contributed by atoms with Gasteiger partial charge in [0.15, 0.2) is 0 Å². The lowest BCUT2D eigenvalue weighted by Gasteiger charge is -2.17. The Morgan fingerprint density at radius 2 is 2.29 bits per heavy atom. The Labute approximate surface area is 103 Å². The van der Waals surface area contributed by atoms with Crippen LogP contribution in [0.15, 0.2) is 11.6 Å². The fourth-order valence-electron chi connectivity index (χ4n) is 1.13. The number of carbonyl (C=O) groups is 2. The van der Waals surface area contributed by atoms with Crippen molar-refractivity contribution in [3.63, 3.8) is 0 Å². The van der Waals surface area contributed by atoms with E-state index in [1.165, 1.54) is 11.3 Å². The van der Waals surface area contributed by atoms with Crippen LogP contribution < -0.4 is 5.32 Å². The number of alkyl carbamates (subject to hydrolysis) is 1. The zero-order valence-corrected chi connectivity index (χ0v) is 10.4. The predicted octanol–water partition coefficient (Wildman–Crippen LogP) is 1.48. The van der Waals surface area contributed by atoms with Crippen molar-refractivity contribution in [2.45, 2.75) is 26.5 Å². The fraction of sp³-hybridized carbons (Fsp3) is 0.500. The van der Waals surface area contributed by atoms with E-state index in [9.17, 15) is 9.59 Å². The van der Waals surface area contributed by atoms with Gasteiger partial charge in [0, 0.05) is 11.6 Å². The number of amides is 1. The number of carboxylic acid groups (broad SMARTS) is 1. The molecule has 2 N–H and O–H groups in total. The molecule has 0 unspecified atom stereocenters. The zero-order chi connectivity index (χ0) is 12.8. The monoisotopic (exact) mass is 258 g/mol. The van der Waals surface area contributed by atoms with Crippen molar-refractivity contribution in [1.29, 1.82) is 0 Å². The van der Waals surface area contributed by atoms with E-state index in [4.69, 9.17) is 9.84 Å². The van der Waals surface area contributed by atoms with Gasteiger partial charge in [0.2, 0.25) is 0 Å². The van der Waals surface area contributed by atoms with Crippen LogP contribution in [0.3, 0.4) is 0 Å². The first-order chi connectivity index (χ1) is 8.00. The van der Waals surface area contributed by atoms with E-state index in [2.05, 4.69) is 10.3 Å². The van der Waals surface area contributed by atoms with Crippen molar-refractivity contribution in [1.82, 2.24) is 10.3 Å². The molecular weight excluding hydrogens is 244 g/mol. The predicted molar refractivity (Wildman–Crippen MR) is 61.7 cm³/mol. The smallest absolute Gasteiger partial charge is 0.408 e. The standard InChI is InChI=1S/C10H14N2O4S/c1-6(2)8(9(13)14)12-10(15)16-5-7-11-3-4-17-7/h3-4,6,8H,5H2,1-2H3,(H,12,15)(H,13,14)/t8-/m0/s1. The summed E-state index contributed by atoms with van der Waals surface area (Å²) < 4.78 is 4.85. The molecule has 0 aliphatic rings. The summed E-state index contributed by atoms with van der Waals surface area (Å²) in [7, 11) is 0. The lowest BCUT2D eigenvalue weighted by Crippen LogP contribution is -2.44. The second kappa shape index (κ2) is 6.19. The largest absolute Gasteiger partial charge is 0.480 e. The summed E-state index contributed by atoms with van der Waals surface area (Å²) in [6.07, 6.45) is 0.858. The molecule has 0 aromatic carbocycles. The summed E-state index contributed by atoms with van der Waals surface area (Å²) in [5.74, 6) is -1.29. The third-order valence-electron chi connectivity index (χ3n) is 2.02. The average Bonchev–Trinajstić information content (AvgIpc) is 2.74. The molecular formula is C10H14N2O4S. The number of carbonyl (C=O) groups excluding carboxylic acids is 1. The second-order valence-electron chi connectivity index (χ2n) is 3.71. The topological polar surface area (TPSA) is 88.5 Å². The van der Waals surface area contributed by atoms with Crippen molar-refractivity contribution in [2.24, 2.45) is 5.92 Å². The molecule has 7 heteroatoms. The van der Waals surface area contributed by atoms with E-state index in [0.717, 1.165) is 0 Å². The zero-order valence-electron chi connectivity index (χ0n) is 9.54. The second-order valence-corrected chi connectivity index (χ2v) is 4.69. The fourth-order valence-corrected chi connectivity index (χ4v) is 1.66. The minimum absolute atomic E-state index is 0.0495. The molecule has 94 valence electrons. The molecule has 1 heterocycles. The maximum atomic E-state index is 11.3. The third kappa shape index (κ3) is 4.39. The molecule has 0 bridgehead atoms. The minimum atomic E-state index is -1.08. The molecule has 0 radical (unpaired) electrons. The van der Waals surface area contributed by atoms with Gasteiger partial charge in [0.25, 0.3) is 0 Å². The van der Waals surface area contributed by atoms with Crippen LogP contribution >= 0.6 is 11.3 Å². The van der Waals surface area contributed by atoms with Crippen LogP contribution in [0.1, 0.15) is 18.9 Å². The molecule has 6 nitrogen and oxygen atoms in total. The normalized spacial score (nSPS) is 12.2. The van der Waals surface area contributed by atoms with Gasteiger partial charge in [-0.15, -0.1) is 11.3 Å². The number of carboxylic acids is 1. The SMILES string of the molecule is CC(C)[C@H](NC(=O)OCc1nccs1)C(=O)O. The van der Waals surface area contributed by atoms with Gasteiger partial charge in [0.05, 0.1) is 0 Å². The van der Waals surface area contributed by atoms with Crippen molar-refractivity contribution >= 4 is 23.4 Å². The third-order valence-corrected chi connectivity index (χ3v) is 2.77. The first-order valence-electron chi connectivity index (χ1n) is 5.05. The Hall–Kier alpha value is -1.63. The minimum Gasteiger partial charge on any atom is -0.480 e. The van der Waals surface area contributed by atoms with Crippen LogP contribution in [0.2, 0.25) is 0 Å². The Balaban J connectivity index is 2.40. The van der Waals surface area contributed by atoms with Crippen molar-refractivity contribution < 1.29 is 19.4 Å². The lowest BCUT2D eigenvalue weighted by atomic mass is 10.1. The first-order valence-corrected chi connectivity index (χ1v) is 5.93. The number of thiazole rings is 1. The number of aromatic nitrogens is 1. The molecule has 17 heavy (non-hydrogen) atoms. The maximum absolute atomic E-state index is 11.3. The highest BCUT2D eigenvalue weighted by Crippen LogP contribution is 2.06. The molecule has 0 saturated heterocycles. The molecule has 1 amide bonds. The van der Waals surface area contributed by atoms with Gasteiger partial charge in [-0.2, -0.15) is 0 Å². The highest BCUT2D eigenvalue weighted by Gasteiger charge is 2.24. The van der Waals surface area contributed by atoms with Crippen LogP contribution in [-0.2, 0) is 16.1 Å². The summed E-state index contributed by atoms with van der Waals surface area (Å²) in [5, 5.41) is 13.6. The van der Waals surface area contributed by atoms with Gasteiger partial charge in [0.1, 0.15) is 17.7 Å². The molecule has 1 rings (SSSR count). The summed E-state index contributed by atoms with van der Waals surface area (Å²) in [5.41, 5.74) is 0. The van der Waals surface area contributed by atoms with E-state index >= 15 is 0 Å². The molecule has 0 aliphatic heterocycles. The Bertz CT molecular complexity index is 378. The van der Waals surface area contributed by atoms with Gasteiger partial charge in [-0.3, -0.25) is 0 Å². The van der Waals surface area contributed by atoms with Gasteiger partial charge in [-0.05, 0) is 5.92 Å². The Morgan fingerprint density at radius 1 is 1.59 bits per heavy atom. The summed E-state index contributed by atoms with van der Waals surface area (Å²) in [6.45, 7) is 3.47. The van der Waals surface area contributed by atoms with Crippen LogP contribution in [-0.4, -0.2) is 28.2 Å². The number of aliphatic carboxylic acids is 1. The lowest BCUT2D eigenvalue weighted by molar-refractivity contribution is -0.140. The Kier molecular flexibility index (Phi) is 4.89. The molecule has 1 aromatic heterocycles. The number of nitrogens with zero attached hydrogens (tertiary/aromatic N) is 1. The molecule has 0 saturated carbocycles. The quantitative estimate of drug-likeness (QED) is 0.835. The number of nitrogens with one attached hydrogen (secondary N) is 1. The van der Waals surface area contributed by atoms with Crippen LogP contribution in [0.4, 0.5) is 4.79 Å². The van der Waals surface area contributed by atoms with Crippen LogP contribution in [0.5, 0.6) is 0 Å². The number of hydrogen-bond donors (Lipinski definition) is 2. The van der Waals surface area contributed by atoms with E-state index in [-0.39, 0.29) is 12.5 Å². The van der Waals surface area contributed by atoms with Crippen molar-refractivity contribution in [3.8, 4) is 0 Å². The summed E-state index contributed by atoms with van der Waals surface area (Å²) >= 11 is 1.36. The van der Waals surface area contributed by atoms with Gasteiger partial charge < -0.3 is 15.2 Å². The van der Waals surface area contributed by atoms with E-state index in [1.807, 2.05) is 0 Å².